The van der Waals surface area contributed by atoms with Crippen molar-refractivity contribution in [2.24, 2.45) is 0 Å². The molecule has 2 N–H and O–H groups in total. The number of nitrogens with two attached hydrogens (primary N) is 1. The Morgan fingerprint density at radius 1 is 1.28 bits per heavy atom. The number of amides is 1. The molecular weight excluding hydrogens is 226 g/mol. The van der Waals surface area contributed by atoms with Crippen molar-refractivity contribution in [1.82, 2.24) is 9.80 Å². The summed E-state index contributed by atoms with van der Waals surface area (Å²) in [4.78, 5) is 16.2. The number of carbonyl (C=O) groups is 1. The Morgan fingerprint density at radius 2 is 2.11 bits per heavy atom. The molecule has 1 unspecified atom stereocenters. The summed E-state index contributed by atoms with van der Waals surface area (Å²) >= 11 is 0. The minimum absolute atomic E-state index is 0.0737. The summed E-state index contributed by atoms with van der Waals surface area (Å²) in [5.41, 5.74) is 9.30. The molecule has 2 heterocycles. The average Bonchev–Trinajstić information content (AvgIpc) is 2.69. The Bertz CT molecular complexity index is 486. The first kappa shape index (κ1) is 11.5. The number of carbonyl (C=O) groups excluding carboxylic acids is 1. The molecule has 1 fully saturated rings. The van der Waals surface area contributed by atoms with Crippen molar-refractivity contribution >= 4 is 11.6 Å². The lowest BCUT2D eigenvalue weighted by molar-refractivity contribution is -0.131. The largest absolute Gasteiger partial charge is 0.399 e. The monoisotopic (exact) mass is 245 g/mol. The predicted octanol–water partition coefficient (Wildman–Crippen LogP) is 0.858. The highest BCUT2D eigenvalue weighted by Gasteiger charge is 2.35. The number of nitrogen functional groups attached to an aromatic ring is 1. The van der Waals surface area contributed by atoms with E-state index in [1.807, 2.05) is 24.1 Å². The fraction of sp³-hybridized carbons (Fsp3) is 0.500. The smallest absolute Gasteiger partial charge is 0.239 e. The number of hydrogen-bond donors (Lipinski definition) is 1. The highest BCUT2D eigenvalue weighted by Crippen LogP contribution is 2.26. The molecule has 2 aliphatic heterocycles. The summed E-state index contributed by atoms with van der Waals surface area (Å²) in [5.74, 6) is 0.266. The van der Waals surface area contributed by atoms with Crippen LogP contribution in [0, 0.1) is 0 Å². The molecule has 18 heavy (non-hydrogen) atoms. The summed E-state index contributed by atoms with van der Waals surface area (Å²) in [6.07, 6.45) is 1.97. The first-order valence-corrected chi connectivity index (χ1v) is 6.51. The van der Waals surface area contributed by atoms with Crippen LogP contribution in [0.1, 0.15) is 17.5 Å². The zero-order valence-electron chi connectivity index (χ0n) is 10.7. The summed E-state index contributed by atoms with van der Waals surface area (Å²) in [5, 5.41) is 0. The van der Waals surface area contributed by atoms with Crippen LogP contribution in [0.5, 0.6) is 0 Å². The van der Waals surface area contributed by atoms with Gasteiger partial charge in [-0.2, -0.15) is 0 Å². The van der Waals surface area contributed by atoms with Crippen molar-refractivity contribution in [3.05, 3.63) is 29.3 Å². The molecule has 3 rings (SSSR count). The van der Waals surface area contributed by atoms with E-state index in [1.54, 1.807) is 0 Å². The van der Waals surface area contributed by atoms with E-state index in [2.05, 4.69) is 11.0 Å². The Hall–Kier alpha value is -1.55. The van der Waals surface area contributed by atoms with Crippen molar-refractivity contribution in [1.29, 1.82) is 0 Å². The van der Waals surface area contributed by atoms with E-state index >= 15 is 0 Å². The average molecular weight is 245 g/mol. The lowest BCUT2D eigenvalue weighted by Gasteiger charge is -2.32. The molecule has 1 saturated heterocycles. The second kappa shape index (κ2) is 4.28. The van der Waals surface area contributed by atoms with Gasteiger partial charge in [0, 0.05) is 32.4 Å². The molecule has 0 radical (unpaired) electrons. The van der Waals surface area contributed by atoms with Crippen molar-refractivity contribution < 1.29 is 4.79 Å². The zero-order chi connectivity index (χ0) is 12.7. The second-order valence-electron chi connectivity index (χ2n) is 5.31. The molecule has 0 bridgehead atoms. The van der Waals surface area contributed by atoms with E-state index in [0.717, 1.165) is 38.2 Å². The fourth-order valence-corrected chi connectivity index (χ4v) is 3.01. The molecule has 96 valence electrons. The molecule has 1 aromatic rings. The Labute approximate surface area is 107 Å². The molecule has 4 nitrogen and oxygen atoms in total. The van der Waals surface area contributed by atoms with E-state index < -0.39 is 0 Å². The number of nitrogens with zero attached hydrogens (tertiary/aromatic N) is 2. The number of fused-ring (bicyclic) bond motifs is 1. The van der Waals surface area contributed by atoms with Crippen LogP contribution < -0.4 is 5.73 Å². The van der Waals surface area contributed by atoms with E-state index in [-0.39, 0.29) is 11.9 Å². The number of rotatable bonds is 1. The van der Waals surface area contributed by atoms with Crippen LogP contribution in [0.15, 0.2) is 18.2 Å². The van der Waals surface area contributed by atoms with Crippen LogP contribution in [0.2, 0.25) is 0 Å². The summed E-state index contributed by atoms with van der Waals surface area (Å²) in [6.45, 7) is 2.70. The molecule has 1 aromatic carbocycles. The first-order chi connectivity index (χ1) is 8.65. The third kappa shape index (κ3) is 1.86. The second-order valence-corrected chi connectivity index (χ2v) is 5.31. The van der Waals surface area contributed by atoms with E-state index in [0.29, 0.717) is 0 Å². The van der Waals surface area contributed by atoms with Gasteiger partial charge in [0.1, 0.15) is 0 Å². The number of hydrogen-bond acceptors (Lipinski definition) is 3. The van der Waals surface area contributed by atoms with E-state index in [4.69, 9.17) is 5.73 Å². The zero-order valence-corrected chi connectivity index (χ0v) is 10.7. The molecule has 0 aromatic heterocycles. The van der Waals surface area contributed by atoms with Gasteiger partial charge in [-0.25, -0.2) is 0 Å². The van der Waals surface area contributed by atoms with Gasteiger partial charge in [0.2, 0.25) is 5.91 Å². The van der Waals surface area contributed by atoms with Crippen LogP contribution >= 0.6 is 0 Å². The van der Waals surface area contributed by atoms with Crippen molar-refractivity contribution in [3.8, 4) is 0 Å². The van der Waals surface area contributed by atoms with Crippen molar-refractivity contribution in [2.45, 2.75) is 25.4 Å². The lowest BCUT2D eigenvalue weighted by Crippen LogP contribution is -2.43. The van der Waals surface area contributed by atoms with Gasteiger partial charge < -0.3 is 10.6 Å². The SMILES string of the molecule is CN1CCC(N2CCc3ccc(N)cc3C2)C1=O. The molecule has 1 amide bonds. The Kier molecular flexibility index (Phi) is 2.74. The van der Waals surface area contributed by atoms with Crippen LogP contribution in [-0.2, 0) is 17.8 Å². The van der Waals surface area contributed by atoms with Gasteiger partial charge in [-0.1, -0.05) is 6.07 Å². The molecule has 1 atom stereocenters. The molecule has 0 spiro atoms. The molecular formula is C14H19N3O. The topological polar surface area (TPSA) is 49.6 Å². The number of anilines is 1. The standard InChI is InChI=1S/C14H19N3O/c1-16-6-5-13(14(16)18)17-7-4-10-2-3-12(15)8-11(10)9-17/h2-3,8,13H,4-7,9,15H2,1H3. The number of likely N-dealkylation sites (N-methyl/N-ethyl adjacent to an activating group) is 1. The third-order valence-electron chi connectivity index (χ3n) is 4.11. The van der Waals surface area contributed by atoms with Crippen molar-refractivity contribution in [2.75, 3.05) is 25.9 Å². The van der Waals surface area contributed by atoms with Gasteiger partial charge >= 0.3 is 0 Å². The maximum absolute atomic E-state index is 12.0. The minimum atomic E-state index is 0.0737. The number of likely N-dealkylation sites (tertiary alicyclic amines) is 1. The van der Waals surface area contributed by atoms with Gasteiger partial charge in [-0.15, -0.1) is 0 Å². The highest BCUT2D eigenvalue weighted by molar-refractivity contribution is 5.83. The van der Waals surface area contributed by atoms with Gasteiger partial charge in [-0.3, -0.25) is 9.69 Å². The van der Waals surface area contributed by atoms with Gasteiger partial charge in [0.25, 0.3) is 0 Å². The quantitative estimate of drug-likeness (QED) is 0.747. The summed E-state index contributed by atoms with van der Waals surface area (Å²) in [7, 11) is 1.89. The van der Waals surface area contributed by atoms with Gasteiger partial charge in [-0.05, 0) is 36.1 Å². The van der Waals surface area contributed by atoms with Crippen LogP contribution in [-0.4, -0.2) is 41.9 Å². The summed E-state index contributed by atoms with van der Waals surface area (Å²) in [6, 6.07) is 6.20. The van der Waals surface area contributed by atoms with Crippen molar-refractivity contribution in [3.63, 3.8) is 0 Å². The van der Waals surface area contributed by atoms with Crippen LogP contribution in [0.25, 0.3) is 0 Å². The Morgan fingerprint density at radius 3 is 2.83 bits per heavy atom. The fourth-order valence-electron chi connectivity index (χ4n) is 3.01. The normalized spacial score (nSPS) is 24.4. The van der Waals surface area contributed by atoms with Gasteiger partial charge in [0.05, 0.1) is 6.04 Å². The number of benzene rings is 1. The predicted molar refractivity (Wildman–Crippen MR) is 71.0 cm³/mol. The molecule has 4 heteroatoms. The maximum Gasteiger partial charge on any atom is 0.239 e. The maximum atomic E-state index is 12.0. The highest BCUT2D eigenvalue weighted by atomic mass is 16.2. The molecule has 2 aliphatic rings. The van der Waals surface area contributed by atoms with Crippen LogP contribution in [0.3, 0.4) is 0 Å². The Balaban J connectivity index is 1.80. The van der Waals surface area contributed by atoms with E-state index in [1.165, 1.54) is 11.1 Å². The lowest BCUT2D eigenvalue weighted by atomic mass is 9.97. The molecule has 0 saturated carbocycles. The van der Waals surface area contributed by atoms with Crippen LogP contribution in [0.4, 0.5) is 5.69 Å². The summed E-state index contributed by atoms with van der Waals surface area (Å²) < 4.78 is 0. The molecule has 0 aliphatic carbocycles. The first-order valence-electron chi connectivity index (χ1n) is 6.51. The van der Waals surface area contributed by atoms with E-state index in [9.17, 15) is 4.79 Å². The third-order valence-corrected chi connectivity index (χ3v) is 4.11. The minimum Gasteiger partial charge on any atom is -0.399 e. The van der Waals surface area contributed by atoms with Gasteiger partial charge in [0.15, 0.2) is 0 Å².